The normalized spacial score (nSPS) is 34.8. The molecule has 180 valence electrons. The lowest BCUT2D eigenvalue weighted by atomic mass is 9.92. The van der Waals surface area contributed by atoms with Gasteiger partial charge in [0.15, 0.2) is 0 Å². The zero-order valence-electron chi connectivity index (χ0n) is 17.9. The SMILES string of the molecule is CSC1OC(C(NC(=O)C2CC(SCc3ccc(F)cc3)CN2)C(C)O)C(O)C(O)C1O. The Morgan fingerprint density at radius 2 is 1.94 bits per heavy atom. The molecule has 2 saturated heterocycles. The summed E-state index contributed by atoms with van der Waals surface area (Å²) in [6.45, 7) is 2.10. The topological polar surface area (TPSA) is 131 Å². The van der Waals surface area contributed by atoms with Crippen molar-refractivity contribution in [3.05, 3.63) is 35.6 Å². The minimum Gasteiger partial charge on any atom is -0.391 e. The number of carbonyl (C=O) groups excluding carboxylic acids is 1. The number of thioether (sulfide) groups is 2. The lowest BCUT2D eigenvalue weighted by molar-refractivity contribution is -0.211. The molecule has 0 saturated carbocycles. The van der Waals surface area contributed by atoms with Gasteiger partial charge in [0.2, 0.25) is 5.91 Å². The van der Waals surface area contributed by atoms with Gasteiger partial charge in [-0.1, -0.05) is 12.1 Å². The van der Waals surface area contributed by atoms with Crippen molar-refractivity contribution in [2.45, 2.75) is 72.4 Å². The molecule has 11 heteroatoms. The number of hydrogen-bond donors (Lipinski definition) is 6. The van der Waals surface area contributed by atoms with Gasteiger partial charge in [-0.3, -0.25) is 4.79 Å². The number of nitrogens with one attached hydrogen (secondary N) is 2. The summed E-state index contributed by atoms with van der Waals surface area (Å²) in [5, 5.41) is 47.0. The molecule has 9 atom stereocenters. The van der Waals surface area contributed by atoms with Crippen LogP contribution in [0.5, 0.6) is 0 Å². The highest BCUT2D eigenvalue weighted by Gasteiger charge is 2.48. The summed E-state index contributed by atoms with van der Waals surface area (Å²) in [6, 6.07) is 4.88. The van der Waals surface area contributed by atoms with E-state index >= 15 is 0 Å². The van der Waals surface area contributed by atoms with Crippen molar-refractivity contribution in [3.8, 4) is 0 Å². The summed E-state index contributed by atoms with van der Waals surface area (Å²) in [4.78, 5) is 12.9. The van der Waals surface area contributed by atoms with E-state index in [1.54, 1.807) is 30.2 Å². The molecule has 1 aromatic carbocycles. The molecule has 8 nitrogen and oxygen atoms in total. The Kier molecular flexibility index (Phi) is 9.22. The first kappa shape index (κ1) is 25.7. The van der Waals surface area contributed by atoms with E-state index in [0.29, 0.717) is 18.7 Å². The quantitative estimate of drug-likeness (QED) is 0.294. The molecule has 2 heterocycles. The van der Waals surface area contributed by atoms with E-state index in [1.165, 1.54) is 30.8 Å². The van der Waals surface area contributed by atoms with Crippen LogP contribution in [0.25, 0.3) is 0 Å². The molecule has 9 unspecified atom stereocenters. The molecule has 32 heavy (non-hydrogen) atoms. The van der Waals surface area contributed by atoms with Gasteiger partial charge in [-0.05, 0) is 37.3 Å². The number of ether oxygens (including phenoxy) is 1. The highest BCUT2D eigenvalue weighted by Crippen LogP contribution is 2.30. The molecule has 1 aromatic rings. The second kappa shape index (κ2) is 11.5. The van der Waals surface area contributed by atoms with Crippen molar-refractivity contribution < 1.29 is 34.3 Å². The van der Waals surface area contributed by atoms with Crippen LogP contribution in [0, 0.1) is 5.82 Å². The van der Waals surface area contributed by atoms with Crippen molar-refractivity contribution >= 4 is 29.4 Å². The third kappa shape index (κ3) is 6.15. The number of halogens is 1. The molecular weight excluding hydrogens is 459 g/mol. The molecule has 0 radical (unpaired) electrons. The monoisotopic (exact) mass is 490 g/mol. The number of aliphatic hydroxyl groups is 4. The predicted molar refractivity (Wildman–Crippen MR) is 122 cm³/mol. The zero-order valence-corrected chi connectivity index (χ0v) is 19.6. The molecule has 6 N–H and O–H groups in total. The number of aliphatic hydroxyl groups excluding tert-OH is 4. The Balaban J connectivity index is 1.56. The Morgan fingerprint density at radius 1 is 1.25 bits per heavy atom. The first-order chi connectivity index (χ1) is 15.2. The smallest absolute Gasteiger partial charge is 0.237 e. The average Bonchev–Trinajstić information content (AvgIpc) is 3.25. The van der Waals surface area contributed by atoms with Gasteiger partial charge in [-0.2, -0.15) is 11.8 Å². The maximum atomic E-state index is 13.0. The minimum absolute atomic E-state index is 0.190. The molecule has 0 aromatic heterocycles. The Morgan fingerprint density at radius 3 is 2.56 bits per heavy atom. The van der Waals surface area contributed by atoms with Crippen molar-refractivity contribution in [2.24, 2.45) is 0 Å². The Bertz CT molecular complexity index is 756. The van der Waals surface area contributed by atoms with Crippen molar-refractivity contribution in [1.29, 1.82) is 0 Å². The second-order valence-electron chi connectivity index (χ2n) is 8.21. The van der Waals surface area contributed by atoms with E-state index in [4.69, 9.17) is 4.74 Å². The standard InChI is InChI=1S/C21H31FN2O6S2/c1-10(25)15(19-17(27)16(26)18(28)21(30-19)31-2)24-20(29)14-7-13(8-23-14)32-9-11-3-5-12(22)6-4-11/h3-6,10,13-19,21,23,25-28H,7-9H2,1-2H3,(H,24,29). The van der Waals surface area contributed by atoms with Gasteiger partial charge < -0.3 is 35.8 Å². The van der Waals surface area contributed by atoms with Crippen molar-refractivity contribution in [3.63, 3.8) is 0 Å². The summed E-state index contributed by atoms with van der Waals surface area (Å²) < 4.78 is 18.8. The molecule has 0 aliphatic carbocycles. The van der Waals surface area contributed by atoms with Gasteiger partial charge in [0.1, 0.15) is 35.7 Å². The van der Waals surface area contributed by atoms with E-state index in [2.05, 4.69) is 10.6 Å². The summed E-state index contributed by atoms with van der Waals surface area (Å²) >= 11 is 2.85. The molecule has 3 rings (SSSR count). The first-order valence-corrected chi connectivity index (χ1v) is 12.8. The van der Waals surface area contributed by atoms with Crippen molar-refractivity contribution in [1.82, 2.24) is 10.6 Å². The van der Waals surface area contributed by atoms with Crippen LogP contribution in [0.4, 0.5) is 4.39 Å². The maximum Gasteiger partial charge on any atom is 0.237 e. The van der Waals surface area contributed by atoms with Gasteiger partial charge in [0.25, 0.3) is 0 Å². The van der Waals surface area contributed by atoms with Crippen LogP contribution < -0.4 is 10.6 Å². The predicted octanol–water partition coefficient (Wildman–Crippen LogP) is -0.174. The lowest BCUT2D eigenvalue weighted by Gasteiger charge is -2.44. The second-order valence-corrected chi connectivity index (χ2v) is 10.4. The van der Waals surface area contributed by atoms with E-state index in [0.717, 1.165) is 5.56 Å². The highest BCUT2D eigenvalue weighted by atomic mass is 32.2. The third-order valence-corrected chi connectivity index (χ3v) is 8.01. The molecule has 0 bridgehead atoms. The number of rotatable bonds is 8. The minimum atomic E-state index is -1.47. The van der Waals surface area contributed by atoms with Crippen LogP contribution in [0.1, 0.15) is 18.9 Å². The molecular formula is C21H31FN2O6S2. The van der Waals surface area contributed by atoms with E-state index in [1.807, 2.05) is 0 Å². The van der Waals surface area contributed by atoms with E-state index in [-0.39, 0.29) is 17.0 Å². The van der Waals surface area contributed by atoms with Gasteiger partial charge in [-0.25, -0.2) is 4.39 Å². The largest absolute Gasteiger partial charge is 0.391 e. The van der Waals surface area contributed by atoms with E-state index in [9.17, 15) is 29.6 Å². The number of amides is 1. The van der Waals surface area contributed by atoms with Gasteiger partial charge in [-0.15, -0.1) is 11.8 Å². The highest BCUT2D eigenvalue weighted by molar-refractivity contribution is 7.99. The molecule has 1 amide bonds. The van der Waals surface area contributed by atoms with Gasteiger partial charge >= 0.3 is 0 Å². The van der Waals surface area contributed by atoms with Crippen LogP contribution >= 0.6 is 23.5 Å². The Labute approximate surface area is 195 Å². The maximum absolute atomic E-state index is 13.0. The molecule has 2 fully saturated rings. The summed E-state index contributed by atoms with van der Waals surface area (Å²) in [7, 11) is 0. The Hall–Kier alpha value is -0.920. The van der Waals surface area contributed by atoms with Gasteiger partial charge in [0, 0.05) is 17.5 Å². The number of benzene rings is 1. The molecule has 0 spiro atoms. The van der Waals surface area contributed by atoms with Crippen LogP contribution in [0.15, 0.2) is 24.3 Å². The van der Waals surface area contributed by atoms with Crippen LogP contribution in [-0.2, 0) is 15.3 Å². The number of carbonyl (C=O) groups is 1. The summed E-state index contributed by atoms with van der Waals surface area (Å²) in [5.41, 5.74) is 0.208. The summed E-state index contributed by atoms with van der Waals surface area (Å²) in [5.74, 6) is 0.0943. The van der Waals surface area contributed by atoms with Gasteiger partial charge in [0.05, 0.1) is 18.2 Å². The van der Waals surface area contributed by atoms with Crippen LogP contribution in [0.2, 0.25) is 0 Å². The van der Waals surface area contributed by atoms with Crippen molar-refractivity contribution in [2.75, 3.05) is 12.8 Å². The third-order valence-electron chi connectivity index (χ3n) is 5.83. The van der Waals surface area contributed by atoms with Crippen LogP contribution in [-0.4, -0.2) is 92.4 Å². The molecule has 2 aliphatic rings. The molecule has 2 aliphatic heterocycles. The summed E-state index contributed by atoms with van der Waals surface area (Å²) in [6.07, 6.45) is -4.08. The zero-order chi connectivity index (χ0) is 23.4. The average molecular weight is 491 g/mol. The van der Waals surface area contributed by atoms with Crippen LogP contribution in [0.3, 0.4) is 0 Å². The van der Waals surface area contributed by atoms with E-state index < -0.39 is 48.0 Å². The fourth-order valence-corrected chi connectivity index (χ4v) is 5.77. The first-order valence-electron chi connectivity index (χ1n) is 10.5. The number of hydrogen-bond acceptors (Lipinski definition) is 9. The lowest BCUT2D eigenvalue weighted by Crippen LogP contribution is -2.65. The fourth-order valence-electron chi connectivity index (χ4n) is 3.93. The fraction of sp³-hybridized carbons (Fsp3) is 0.667.